The van der Waals surface area contributed by atoms with Crippen molar-refractivity contribution in [1.82, 2.24) is 15.6 Å². The highest BCUT2D eigenvalue weighted by Crippen LogP contribution is 2.39. The molecular formula is C66H101N3O26. The van der Waals surface area contributed by atoms with Crippen molar-refractivity contribution in [3.63, 3.8) is 0 Å². The molecule has 6 rings (SSSR count). The maximum atomic E-state index is 14.3. The molecule has 28 atom stereocenters. The van der Waals surface area contributed by atoms with Gasteiger partial charge in [0.2, 0.25) is 11.7 Å². The highest BCUT2D eigenvalue weighted by molar-refractivity contribution is 5.80. The summed E-state index contributed by atoms with van der Waals surface area (Å²) in [7, 11) is 0. The summed E-state index contributed by atoms with van der Waals surface area (Å²) < 4.78 is 40.8. The maximum absolute atomic E-state index is 14.3. The van der Waals surface area contributed by atoms with Gasteiger partial charge in [0.25, 0.3) is 0 Å². The van der Waals surface area contributed by atoms with Crippen LogP contribution < -0.4 is 10.6 Å². The Morgan fingerprint density at radius 1 is 0.642 bits per heavy atom. The first-order chi connectivity index (χ1) is 45.0. The van der Waals surface area contributed by atoms with Gasteiger partial charge in [-0.05, 0) is 45.2 Å². The first-order valence-electron chi connectivity index (χ1n) is 32.4. The fourth-order valence-electron chi connectivity index (χ4n) is 12.0. The number of hydrogen-bond acceptors (Lipinski definition) is 28. The second-order valence-electron chi connectivity index (χ2n) is 25.4. The van der Waals surface area contributed by atoms with E-state index in [0.29, 0.717) is 5.69 Å². The number of aliphatic hydroxyl groups excluding tert-OH is 15. The molecule has 5 unspecified atom stereocenters. The van der Waals surface area contributed by atoms with E-state index in [1.807, 2.05) is 6.92 Å². The minimum Gasteiger partial charge on any atom is -0.462 e. The van der Waals surface area contributed by atoms with E-state index >= 15 is 0 Å². The molecule has 2 bridgehead atoms. The largest absolute Gasteiger partial charge is 0.462 e. The number of allylic oxidation sites excluding steroid dienone is 12. The summed E-state index contributed by atoms with van der Waals surface area (Å²) in [5, 5.41) is 194. The first kappa shape index (κ1) is 79.3. The van der Waals surface area contributed by atoms with E-state index in [1.54, 1.807) is 117 Å². The number of nitrogens with one attached hydrogen (secondary N) is 2. The highest BCUT2D eigenvalue weighted by atomic mass is 16.7. The van der Waals surface area contributed by atoms with Crippen LogP contribution in [0, 0.1) is 17.8 Å². The topological polar surface area (TPSA) is 480 Å². The van der Waals surface area contributed by atoms with Crippen LogP contribution in [0.2, 0.25) is 0 Å². The van der Waals surface area contributed by atoms with Gasteiger partial charge >= 0.3 is 5.97 Å². The number of cyclic esters (lactones) is 1. The summed E-state index contributed by atoms with van der Waals surface area (Å²) >= 11 is 0. The molecule has 5 aliphatic rings. The van der Waals surface area contributed by atoms with Crippen LogP contribution in [0.1, 0.15) is 84.8 Å². The van der Waals surface area contributed by atoms with Gasteiger partial charge in [0.15, 0.2) is 18.4 Å². The SMILES string of the molecule is CC1[C@H](C)OC(=O)C[C@H](O)C[C@H](O)CC[C@@H](O)[C@H](O)C[C@H](O)C[C@]2(O)C[C@H](O)C(C(=O)NCCc3ccccn3)C(C[C@@H](OC3O[C@H](C)[C@@H](O)[C@H](NC[C@@]4(O)OC[C@@H](O)[C@@H](OC5O[C@H](CO)[C@@H](O)[C@H](O)[C@H]5O)[C@@H]4O)[C@@H]3O)C=C/C=C/C=C/C=C/C=C/C=C/C=C/[C@H](C)[C@H]1O)O2. The molecule has 1 aromatic heterocycles. The molecule has 1 aromatic rings. The van der Waals surface area contributed by atoms with Crippen LogP contribution in [-0.2, 0) is 49.2 Å². The molecule has 1 amide bonds. The predicted octanol–water partition coefficient (Wildman–Crippen LogP) is -3.36. The Hall–Kier alpha value is -4.69. The lowest BCUT2D eigenvalue weighted by Gasteiger charge is -2.48. The Morgan fingerprint density at radius 2 is 1.28 bits per heavy atom. The fraction of sp³-hybridized carbons (Fsp3) is 0.682. The van der Waals surface area contributed by atoms with E-state index in [4.69, 9.17) is 33.2 Å². The number of esters is 1. The zero-order valence-electron chi connectivity index (χ0n) is 53.8. The molecule has 0 radical (unpaired) electrons. The number of pyridine rings is 1. The fourth-order valence-corrected chi connectivity index (χ4v) is 12.0. The molecule has 0 aromatic carbocycles. The molecule has 5 aliphatic heterocycles. The summed E-state index contributed by atoms with van der Waals surface area (Å²) in [6, 6.07) is 3.76. The van der Waals surface area contributed by atoms with Crippen molar-refractivity contribution in [1.29, 1.82) is 0 Å². The zero-order chi connectivity index (χ0) is 69.7. The third-order valence-corrected chi connectivity index (χ3v) is 17.8. The number of rotatable bonds is 12. The molecule has 29 heteroatoms. The molecule has 0 aliphatic carbocycles. The standard InChI is InChI=1S/C66H101N3O26/c1-36-19-15-13-11-9-7-5-6-8-10-12-14-16-21-44(92-63-57(82)53(55(80)39(4)91-63)69-35-66(88)61(85)60(48(77)34-89-66)94-64-59(84)58(83)56(81)50(33-70)93-64)30-49-52(62(86)68-26-24-40-20-17-18-25-67-40)47(76)32-65(87,95-49)31-43(73)28-46(75)45(74)23-22-41(71)27-42(72)29-51(78)90-38(3)37(2)54(36)79/h5-21,25,36-39,41-50,52-61,63-64,69-77,79-85,87-88H,22-24,26-35H2,1-4H3,(H,68,86)/b6-5+,9-7+,10-8+,13-11+,14-12+,19-15+,21-16?/t36-,37?,38-,39+,41+,42+,43-,44-,45+,46+,47-,48+,49?,50+,52?,53-,54+,55+,56+,57-,58-,59+,60+,61-,63?,64?,65+,66+/m0/s1. The number of nitrogens with zero attached hydrogens (tertiary/aromatic N) is 1. The van der Waals surface area contributed by atoms with Crippen molar-refractivity contribution < 1.29 is 130 Å². The van der Waals surface area contributed by atoms with Gasteiger partial charge in [0.1, 0.15) is 54.9 Å². The Morgan fingerprint density at radius 3 is 1.93 bits per heavy atom. The van der Waals surface area contributed by atoms with E-state index in [9.17, 15) is 96.4 Å². The molecular weight excluding hydrogens is 1250 g/mol. The van der Waals surface area contributed by atoms with Crippen LogP contribution in [0.3, 0.4) is 0 Å². The molecule has 4 fully saturated rings. The molecule has 0 spiro atoms. The molecule has 6 heterocycles. The van der Waals surface area contributed by atoms with E-state index in [1.165, 1.54) is 13.0 Å². The second-order valence-corrected chi connectivity index (χ2v) is 25.4. The Balaban J connectivity index is 1.26. The number of aliphatic hydroxyl groups is 17. The van der Waals surface area contributed by atoms with Crippen LogP contribution >= 0.6 is 0 Å². The van der Waals surface area contributed by atoms with E-state index < -0.39 is 228 Å². The van der Waals surface area contributed by atoms with E-state index in [-0.39, 0.29) is 38.1 Å². The van der Waals surface area contributed by atoms with Crippen LogP contribution in [-0.4, -0.2) is 282 Å². The van der Waals surface area contributed by atoms with Crippen molar-refractivity contribution >= 4 is 11.9 Å². The van der Waals surface area contributed by atoms with Gasteiger partial charge in [-0.2, -0.15) is 0 Å². The summed E-state index contributed by atoms with van der Waals surface area (Å²) in [4.78, 5) is 31.4. The quantitative estimate of drug-likeness (QED) is 0.0909. The number of carbonyl (C=O) groups is 2. The van der Waals surface area contributed by atoms with Gasteiger partial charge in [0, 0.05) is 62.4 Å². The number of amides is 1. The molecule has 536 valence electrons. The van der Waals surface area contributed by atoms with E-state index in [2.05, 4.69) is 15.6 Å². The van der Waals surface area contributed by atoms with Gasteiger partial charge in [-0.15, -0.1) is 0 Å². The lowest BCUT2D eigenvalue weighted by molar-refractivity contribution is -0.368. The molecule has 95 heavy (non-hydrogen) atoms. The third kappa shape index (κ3) is 23.5. The van der Waals surface area contributed by atoms with Crippen molar-refractivity contribution in [2.45, 2.75) is 238 Å². The average molecular weight is 1350 g/mol. The number of aromatic nitrogens is 1. The molecule has 0 saturated carbocycles. The van der Waals surface area contributed by atoms with Gasteiger partial charge in [-0.1, -0.05) is 105 Å². The van der Waals surface area contributed by atoms with Crippen molar-refractivity contribution in [3.8, 4) is 0 Å². The van der Waals surface area contributed by atoms with E-state index in [0.717, 1.165) is 0 Å². The van der Waals surface area contributed by atoms with Gasteiger partial charge < -0.3 is 131 Å². The van der Waals surface area contributed by atoms with Crippen molar-refractivity contribution in [2.75, 3.05) is 26.3 Å². The minimum absolute atomic E-state index is 0.0461. The Kier molecular flexibility index (Phi) is 31.8. The van der Waals surface area contributed by atoms with Gasteiger partial charge in [0.05, 0.1) is 105 Å². The summed E-state index contributed by atoms with van der Waals surface area (Å²) in [6.45, 7) is 4.32. The summed E-state index contributed by atoms with van der Waals surface area (Å²) in [6.07, 6.45) is -12.1. The lowest BCUT2D eigenvalue weighted by atomic mass is 9.82. The van der Waals surface area contributed by atoms with Crippen LogP contribution in [0.5, 0.6) is 0 Å². The Bertz CT molecular complexity index is 2690. The first-order valence-corrected chi connectivity index (χ1v) is 32.4. The second kappa shape index (κ2) is 38.0. The average Bonchev–Trinajstić information content (AvgIpc) is 0.787. The zero-order valence-corrected chi connectivity index (χ0v) is 53.8. The molecule has 4 saturated heterocycles. The minimum atomic E-state index is -2.68. The smallest absolute Gasteiger partial charge is 0.308 e. The predicted molar refractivity (Wildman–Crippen MR) is 336 cm³/mol. The number of ether oxygens (including phenoxy) is 7. The Labute approximate surface area is 552 Å². The summed E-state index contributed by atoms with van der Waals surface area (Å²) in [5.41, 5.74) is 0.641. The number of hydrogen-bond donors (Lipinski definition) is 19. The molecule has 29 nitrogen and oxygen atoms in total. The van der Waals surface area contributed by atoms with Crippen LogP contribution in [0.15, 0.2) is 109 Å². The summed E-state index contributed by atoms with van der Waals surface area (Å²) in [5.74, 6) is -8.87. The van der Waals surface area contributed by atoms with Gasteiger partial charge in [-0.25, -0.2) is 0 Å². The number of fused-ring (bicyclic) bond motifs is 2. The highest BCUT2D eigenvalue weighted by Gasteiger charge is 2.55. The molecule has 19 N–H and O–H groups in total. The monoisotopic (exact) mass is 1350 g/mol. The maximum Gasteiger partial charge on any atom is 0.308 e. The van der Waals surface area contributed by atoms with Gasteiger partial charge in [-0.3, -0.25) is 14.6 Å². The third-order valence-electron chi connectivity index (χ3n) is 17.8. The van der Waals surface area contributed by atoms with Crippen LogP contribution in [0.4, 0.5) is 0 Å². The lowest BCUT2D eigenvalue weighted by Crippen LogP contribution is -2.70. The van der Waals surface area contributed by atoms with Crippen molar-refractivity contribution in [3.05, 3.63) is 115 Å². The van der Waals surface area contributed by atoms with Crippen LogP contribution in [0.25, 0.3) is 0 Å². The number of carbonyl (C=O) groups excluding carboxylic acids is 2. The van der Waals surface area contributed by atoms with Crippen molar-refractivity contribution in [2.24, 2.45) is 17.8 Å². The normalized spacial score (nSPS) is 44.3.